The van der Waals surface area contributed by atoms with E-state index in [0.717, 1.165) is 10.4 Å². The summed E-state index contributed by atoms with van der Waals surface area (Å²) in [5.41, 5.74) is 1.84. The lowest BCUT2D eigenvalue weighted by Gasteiger charge is -2.43. The summed E-state index contributed by atoms with van der Waals surface area (Å²) in [6.07, 6.45) is -2.84. The van der Waals surface area contributed by atoms with Gasteiger partial charge < -0.3 is 18.6 Å². The maximum Gasteiger partial charge on any atom is 0.431 e. The van der Waals surface area contributed by atoms with Crippen molar-refractivity contribution in [1.82, 2.24) is 15.0 Å². The van der Waals surface area contributed by atoms with Crippen LogP contribution < -0.4 is 26.1 Å². The van der Waals surface area contributed by atoms with Crippen LogP contribution in [-0.2, 0) is 25.3 Å². The molecular formula is C33H34N4O9Si. The van der Waals surface area contributed by atoms with Crippen molar-refractivity contribution in [2.24, 2.45) is 0 Å². The summed E-state index contributed by atoms with van der Waals surface area (Å²) in [5.74, 6) is 0. The molecule has 0 spiro atoms. The van der Waals surface area contributed by atoms with Gasteiger partial charge in [-0.3, -0.25) is 24.3 Å². The molecule has 0 unspecified atom stereocenters. The molecule has 0 aliphatic carbocycles. The zero-order valence-corrected chi connectivity index (χ0v) is 27.0. The number of fused-ring (bicyclic) bond motifs is 3. The molecule has 244 valence electrons. The standard InChI is InChI=1S/C33H34N4O9Si/c1-33(2,3)47(23-13-6-4-7-14-23,24-15-8-5-9-16-24)43-21-26-28(29-30(44-26)36-19-18-27(38)34-31(36)45-29)46-32(39)35-42-20-22-12-10-11-17-25(22)37(40)41/h4-19,26,28-30H,20-21H2,1-3H3,(H,35,39)/t26-,28-,29+,30-/m1/s1. The Bertz CT molecular complexity index is 1760. The van der Waals surface area contributed by atoms with Crippen LogP contribution in [0.2, 0.25) is 5.04 Å². The molecule has 0 bridgehead atoms. The Morgan fingerprint density at radius 2 is 1.64 bits per heavy atom. The maximum atomic E-state index is 13.1. The van der Waals surface area contributed by atoms with Crippen molar-refractivity contribution in [3.63, 3.8) is 0 Å². The van der Waals surface area contributed by atoms with Crippen LogP contribution in [-0.4, -0.2) is 53.8 Å². The second kappa shape index (κ2) is 13.1. The average molecular weight is 659 g/mol. The maximum absolute atomic E-state index is 13.1. The zero-order chi connectivity index (χ0) is 33.2. The number of nitrogens with one attached hydrogen (secondary N) is 1. The third kappa shape index (κ3) is 6.27. The van der Waals surface area contributed by atoms with Gasteiger partial charge in [0.2, 0.25) is 0 Å². The number of hydrogen-bond acceptors (Lipinski definition) is 10. The number of amides is 1. The third-order valence-electron chi connectivity index (χ3n) is 8.30. The molecule has 1 N–H and O–H groups in total. The Hall–Kier alpha value is -4.89. The topological polar surface area (TPSA) is 153 Å². The first-order chi connectivity index (χ1) is 22.6. The van der Waals surface area contributed by atoms with Gasteiger partial charge in [0.25, 0.3) is 19.6 Å². The number of nitro groups is 1. The fourth-order valence-corrected chi connectivity index (χ4v) is 10.8. The van der Waals surface area contributed by atoms with E-state index in [-0.39, 0.29) is 35.5 Å². The van der Waals surface area contributed by atoms with Gasteiger partial charge in [0.15, 0.2) is 18.4 Å². The summed E-state index contributed by atoms with van der Waals surface area (Å²) in [4.78, 5) is 45.0. The van der Waals surface area contributed by atoms with Crippen LogP contribution in [0, 0.1) is 10.1 Å². The van der Waals surface area contributed by atoms with E-state index in [1.54, 1.807) is 10.6 Å². The highest BCUT2D eigenvalue weighted by Crippen LogP contribution is 2.42. The molecule has 3 heterocycles. The summed E-state index contributed by atoms with van der Waals surface area (Å²) >= 11 is 0. The zero-order valence-electron chi connectivity index (χ0n) is 26.0. The first-order valence-corrected chi connectivity index (χ1v) is 17.0. The van der Waals surface area contributed by atoms with Gasteiger partial charge in [-0.25, -0.2) is 4.79 Å². The molecule has 0 radical (unpaired) electrons. The number of nitro benzene ring substituents is 1. The van der Waals surface area contributed by atoms with Crippen molar-refractivity contribution in [3.05, 3.63) is 123 Å². The fourth-order valence-electron chi connectivity index (χ4n) is 6.23. The van der Waals surface area contributed by atoms with E-state index in [1.165, 1.54) is 30.5 Å². The predicted molar refractivity (Wildman–Crippen MR) is 172 cm³/mol. The van der Waals surface area contributed by atoms with Crippen molar-refractivity contribution in [1.29, 1.82) is 0 Å². The van der Waals surface area contributed by atoms with E-state index >= 15 is 0 Å². The summed E-state index contributed by atoms with van der Waals surface area (Å²) in [6.45, 7) is 6.23. The number of benzene rings is 3. The Morgan fingerprint density at radius 1 is 1.00 bits per heavy atom. The van der Waals surface area contributed by atoms with Crippen molar-refractivity contribution < 1.29 is 33.2 Å². The molecular weight excluding hydrogens is 624 g/mol. The van der Waals surface area contributed by atoms with E-state index in [9.17, 15) is 19.7 Å². The van der Waals surface area contributed by atoms with Gasteiger partial charge in [-0.05, 0) is 21.5 Å². The van der Waals surface area contributed by atoms with Crippen LogP contribution in [0.3, 0.4) is 0 Å². The lowest BCUT2D eigenvalue weighted by molar-refractivity contribution is -0.386. The molecule has 1 aromatic heterocycles. The van der Waals surface area contributed by atoms with E-state index in [1.807, 2.05) is 36.4 Å². The molecule has 13 nitrogen and oxygen atoms in total. The van der Waals surface area contributed by atoms with Crippen LogP contribution >= 0.6 is 0 Å². The quantitative estimate of drug-likeness (QED) is 0.152. The van der Waals surface area contributed by atoms with Crippen LogP contribution in [0.1, 0.15) is 32.6 Å². The molecule has 47 heavy (non-hydrogen) atoms. The molecule has 4 atom stereocenters. The van der Waals surface area contributed by atoms with Crippen LogP contribution in [0.5, 0.6) is 6.01 Å². The van der Waals surface area contributed by atoms with Gasteiger partial charge in [-0.2, -0.15) is 10.5 Å². The van der Waals surface area contributed by atoms with Gasteiger partial charge in [-0.1, -0.05) is 93.6 Å². The van der Waals surface area contributed by atoms with Gasteiger partial charge in [0.05, 0.1) is 17.1 Å². The number of ether oxygens (including phenoxy) is 3. The van der Waals surface area contributed by atoms with Crippen molar-refractivity contribution in [2.45, 2.75) is 57.0 Å². The minimum absolute atomic E-state index is 0.0421. The summed E-state index contributed by atoms with van der Waals surface area (Å²) in [7, 11) is -2.99. The van der Waals surface area contributed by atoms with Gasteiger partial charge in [0.1, 0.15) is 12.7 Å². The number of hydroxylamine groups is 1. The minimum Gasteiger partial charge on any atom is -0.452 e. The summed E-state index contributed by atoms with van der Waals surface area (Å²) in [6, 6.07) is 27.6. The Labute approximate surface area is 271 Å². The number of hydrogen-bond donors (Lipinski definition) is 1. The lowest BCUT2D eigenvalue weighted by Crippen LogP contribution is -2.67. The summed E-state index contributed by atoms with van der Waals surface area (Å²) < 4.78 is 26.9. The van der Waals surface area contributed by atoms with Gasteiger partial charge in [-0.15, -0.1) is 0 Å². The van der Waals surface area contributed by atoms with Crippen molar-refractivity contribution in [3.8, 4) is 6.01 Å². The monoisotopic (exact) mass is 658 g/mol. The smallest absolute Gasteiger partial charge is 0.431 e. The van der Waals surface area contributed by atoms with E-state index in [0.29, 0.717) is 0 Å². The van der Waals surface area contributed by atoms with Crippen molar-refractivity contribution in [2.75, 3.05) is 6.61 Å². The van der Waals surface area contributed by atoms with Gasteiger partial charge >= 0.3 is 12.1 Å². The minimum atomic E-state index is -2.99. The predicted octanol–water partition coefficient (Wildman–Crippen LogP) is 3.61. The Morgan fingerprint density at radius 3 is 2.28 bits per heavy atom. The number of carbonyl (C=O) groups is 1. The first-order valence-electron chi connectivity index (χ1n) is 15.1. The highest BCUT2D eigenvalue weighted by Gasteiger charge is 2.56. The van der Waals surface area contributed by atoms with E-state index in [2.05, 4.69) is 55.5 Å². The molecule has 1 amide bonds. The second-order valence-corrected chi connectivity index (χ2v) is 16.5. The van der Waals surface area contributed by atoms with Crippen molar-refractivity contribution >= 4 is 30.5 Å². The number of aromatic nitrogens is 2. The largest absolute Gasteiger partial charge is 0.452 e. The highest BCUT2D eigenvalue weighted by atomic mass is 28.4. The number of para-hydroxylation sites is 1. The highest BCUT2D eigenvalue weighted by molar-refractivity contribution is 6.99. The van der Waals surface area contributed by atoms with Crippen LogP contribution in [0.4, 0.5) is 10.5 Å². The molecule has 6 rings (SSSR count). The SMILES string of the molecule is CC(C)(C)[Si](OC[C@H]1O[C@@H]2[C@@H](Oc3nc(=O)ccn32)[C@@H]1OC(=O)NOCc1ccccc1[N+](=O)[O-])(c1ccccc1)c1ccccc1. The molecule has 4 aromatic rings. The summed E-state index contributed by atoms with van der Waals surface area (Å²) in [5, 5.41) is 13.2. The van der Waals surface area contributed by atoms with E-state index < -0.39 is 49.4 Å². The Balaban J connectivity index is 1.26. The first kappa shape index (κ1) is 32.1. The molecule has 14 heteroatoms. The fraction of sp³-hybridized carbons (Fsp3) is 0.303. The average Bonchev–Trinajstić information content (AvgIpc) is 3.57. The molecule has 0 saturated carbocycles. The van der Waals surface area contributed by atoms with Crippen LogP contribution in [0.25, 0.3) is 0 Å². The molecule has 1 fully saturated rings. The number of rotatable bonds is 10. The number of carbonyl (C=O) groups excluding carboxylic acids is 1. The molecule has 2 aliphatic rings. The second-order valence-electron chi connectivity index (χ2n) is 12.2. The van der Waals surface area contributed by atoms with Gasteiger partial charge in [0, 0.05) is 18.3 Å². The molecule has 2 aliphatic heterocycles. The van der Waals surface area contributed by atoms with E-state index in [4.69, 9.17) is 23.5 Å². The number of nitrogens with zero attached hydrogens (tertiary/aromatic N) is 3. The third-order valence-corrected chi connectivity index (χ3v) is 13.3. The van der Waals surface area contributed by atoms with Crippen LogP contribution in [0.15, 0.2) is 102 Å². The normalized spacial score (nSPS) is 20.1. The Kier molecular flexibility index (Phi) is 8.92. The molecule has 3 aromatic carbocycles. The molecule has 1 saturated heterocycles. The lowest BCUT2D eigenvalue weighted by atomic mass is 10.1.